The van der Waals surface area contributed by atoms with E-state index in [2.05, 4.69) is 16.5 Å². The molecular formula is C15H17ClN2O2. The molecule has 0 unspecified atom stereocenters. The quantitative estimate of drug-likeness (QED) is 0.945. The lowest BCUT2D eigenvalue weighted by Gasteiger charge is -2.14. The highest BCUT2D eigenvalue weighted by atomic mass is 35.5. The van der Waals surface area contributed by atoms with E-state index in [4.69, 9.17) is 20.9 Å². The fraction of sp³-hybridized carbons (Fsp3) is 0.400. The molecule has 3 rings (SSSR count). The zero-order valence-electron chi connectivity index (χ0n) is 11.4. The van der Waals surface area contributed by atoms with Gasteiger partial charge in [0.2, 0.25) is 0 Å². The summed E-state index contributed by atoms with van der Waals surface area (Å²) in [6.45, 7) is 4.19. The molecule has 2 heterocycles. The molecule has 106 valence electrons. The molecule has 0 saturated carbocycles. The van der Waals surface area contributed by atoms with Crippen LogP contribution in [0, 0.1) is 6.92 Å². The van der Waals surface area contributed by atoms with Gasteiger partial charge >= 0.3 is 0 Å². The Morgan fingerprint density at radius 3 is 3.00 bits per heavy atom. The van der Waals surface area contributed by atoms with Gasteiger partial charge in [0.1, 0.15) is 23.8 Å². The first-order chi connectivity index (χ1) is 9.74. The molecule has 0 amide bonds. The fourth-order valence-electron chi connectivity index (χ4n) is 2.50. The smallest absolute Gasteiger partial charge is 0.141 e. The van der Waals surface area contributed by atoms with Gasteiger partial charge in [0, 0.05) is 11.6 Å². The highest BCUT2D eigenvalue weighted by Gasteiger charge is 2.16. The number of nitrogens with zero attached hydrogens (tertiary/aromatic N) is 1. The van der Waals surface area contributed by atoms with Gasteiger partial charge in [0.25, 0.3) is 0 Å². The molecule has 1 aliphatic rings. The number of fused-ring (bicyclic) bond motifs is 1. The molecule has 0 spiro atoms. The average Bonchev–Trinajstić information content (AvgIpc) is 2.71. The van der Waals surface area contributed by atoms with Gasteiger partial charge in [-0.15, -0.1) is 0 Å². The van der Waals surface area contributed by atoms with Crippen molar-refractivity contribution in [3.05, 3.63) is 45.8 Å². The van der Waals surface area contributed by atoms with Crippen LogP contribution in [0.5, 0.6) is 5.75 Å². The predicted molar refractivity (Wildman–Crippen MR) is 77.3 cm³/mol. The Bertz CT molecular complexity index is 610. The maximum atomic E-state index is 6.30. The van der Waals surface area contributed by atoms with Crippen molar-refractivity contribution in [2.75, 3.05) is 13.1 Å². The van der Waals surface area contributed by atoms with Crippen molar-refractivity contribution in [2.45, 2.75) is 26.4 Å². The minimum atomic E-state index is 0.376. The van der Waals surface area contributed by atoms with Gasteiger partial charge < -0.3 is 14.6 Å². The maximum Gasteiger partial charge on any atom is 0.141 e. The third-order valence-electron chi connectivity index (χ3n) is 3.47. The minimum absolute atomic E-state index is 0.376. The lowest BCUT2D eigenvalue weighted by Crippen LogP contribution is -2.16. The zero-order chi connectivity index (χ0) is 13.9. The van der Waals surface area contributed by atoms with Gasteiger partial charge in [-0.1, -0.05) is 22.8 Å². The number of hydrogen-bond donors (Lipinski definition) is 1. The van der Waals surface area contributed by atoms with Crippen molar-refractivity contribution >= 4 is 11.6 Å². The number of ether oxygens (including phenoxy) is 1. The van der Waals surface area contributed by atoms with E-state index in [1.807, 2.05) is 19.1 Å². The normalized spacial score (nSPS) is 14.7. The molecule has 0 bridgehead atoms. The summed E-state index contributed by atoms with van der Waals surface area (Å²) in [5.41, 5.74) is 3.30. The van der Waals surface area contributed by atoms with E-state index in [1.165, 1.54) is 11.1 Å². The summed E-state index contributed by atoms with van der Waals surface area (Å²) in [6.07, 6.45) is 1.94. The van der Waals surface area contributed by atoms with Gasteiger partial charge in [0.15, 0.2) is 0 Å². The second-order valence-corrected chi connectivity index (χ2v) is 5.39. The Labute approximate surface area is 123 Å². The van der Waals surface area contributed by atoms with Crippen LogP contribution in [0.25, 0.3) is 0 Å². The van der Waals surface area contributed by atoms with Gasteiger partial charge in [-0.05, 0) is 44.5 Å². The summed E-state index contributed by atoms with van der Waals surface area (Å²) in [5.74, 6) is 1.57. The van der Waals surface area contributed by atoms with E-state index >= 15 is 0 Å². The second kappa shape index (κ2) is 5.85. The molecule has 0 fully saturated rings. The number of benzene rings is 1. The van der Waals surface area contributed by atoms with Crippen molar-refractivity contribution in [1.82, 2.24) is 10.5 Å². The van der Waals surface area contributed by atoms with Gasteiger partial charge in [0.05, 0.1) is 5.02 Å². The van der Waals surface area contributed by atoms with Gasteiger partial charge in [-0.2, -0.15) is 0 Å². The Morgan fingerprint density at radius 1 is 1.35 bits per heavy atom. The van der Waals surface area contributed by atoms with E-state index in [9.17, 15) is 0 Å². The molecule has 2 aromatic rings. The van der Waals surface area contributed by atoms with Crippen molar-refractivity contribution in [2.24, 2.45) is 0 Å². The number of nitrogens with one attached hydrogen (secondary N) is 1. The van der Waals surface area contributed by atoms with Crippen LogP contribution in [-0.4, -0.2) is 18.2 Å². The van der Waals surface area contributed by atoms with Crippen LogP contribution in [-0.2, 0) is 19.4 Å². The lowest BCUT2D eigenvalue weighted by molar-refractivity contribution is 0.285. The lowest BCUT2D eigenvalue weighted by atomic mass is 10.0. The Morgan fingerprint density at radius 2 is 2.20 bits per heavy atom. The molecular weight excluding hydrogens is 276 g/mol. The number of halogens is 1. The molecule has 0 aliphatic carbocycles. The van der Waals surface area contributed by atoms with Crippen molar-refractivity contribution < 1.29 is 9.26 Å². The van der Waals surface area contributed by atoms with Gasteiger partial charge in [-0.3, -0.25) is 0 Å². The first-order valence-electron chi connectivity index (χ1n) is 6.80. The number of rotatable bonds is 3. The Kier molecular flexibility index (Phi) is 3.94. The molecule has 20 heavy (non-hydrogen) atoms. The van der Waals surface area contributed by atoms with Crippen molar-refractivity contribution in [3.8, 4) is 5.75 Å². The summed E-state index contributed by atoms with van der Waals surface area (Å²) in [6, 6.07) is 5.88. The van der Waals surface area contributed by atoms with Crippen molar-refractivity contribution in [3.63, 3.8) is 0 Å². The highest BCUT2D eigenvalue weighted by Crippen LogP contribution is 2.33. The standard InChI is InChI=1S/C15H17ClN2O2/c1-10-8-12(18-20-10)9-19-15-13-5-7-17-6-4-11(13)2-3-14(15)16/h2-3,8,17H,4-7,9H2,1H3. The third kappa shape index (κ3) is 2.81. The fourth-order valence-corrected chi connectivity index (χ4v) is 2.73. The third-order valence-corrected chi connectivity index (χ3v) is 3.77. The van der Waals surface area contributed by atoms with Crippen molar-refractivity contribution in [1.29, 1.82) is 0 Å². The highest BCUT2D eigenvalue weighted by molar-refractivity contribution is 6.32. The van der Waals surface area contributed by atoms with Gasteiger partial charge in [-0.25, -0.2) is 0 Å². The molecule has 1 aromatic heterocycles. The SMILES string of the molecule is Cc1cc(COc2c(Cl)ccc3c2CCNCC3)no1. The summed E-state index contributed by atoms with van der Waals surface area (Å²) in [4.78, 5) is 0. The van der Waals surface area contributed by atoms with Crippen LogP contribution < -0.4 is 10.1 Å². The van der Waals surface area contributed by atoms with E-state index in [0.717, 1.165) is 43.1 Å². The average molecular weight is 293 g/mol. The van der Waals surface area contributed by atoms with Crippen LogP contribution >= 0.6 is 11.6 Å². The first-order valence-corrected chi connectivity index (χ1v) is 7.18. The van der Waals surface area contributed by atoms with Crippen LogP contribution in [0.1, 0.15) is 22.6 Å². The number of aryl methyl sites for hydroxylation is 1. The first kappa shape index (κ1) is 13.5. The van der Waals surface area contributed by atoms with E-state index in [0.29, 0.717) is 11.6 Å². The number of aromatic nitrogens is 1. The molecule has 5 heteroatoms. The second-order valence-electron chi connectivity index (χ2n) is 4.98. The maximum absolute atomic E-state index is 6.30. The molecule has 1 N–H and O–H groups in total. The summed E-state index contributed by atoms with van der Waals surface area (Å²) in [5, 5.41) is 7.99. The largest absolute Gasteiger partial charge is 0.485 e. The van der Waals surface area contributed by atoms with E-state index in [1.54, 1.807) is 0 Å². The van der Waals surface area contributed by atoms with Crippen LogP contribution in [0.3, 0.4) is 0 Å². The number of hydrogen-bond acceptors (Lipinski definition) is 4. The molecule has 1 aliphatic heterocycles. The zero-order valence-corrected chi connectivity index (χ0v) is 12.2. The monoisotopic (exact) mass is 292 g/mol. The summed E-state index contributed by atoms with van der Waals surface area (Å²) < 4.78 is 11.0. The Hall–Kier alpha value is -1.52. The predicted octanol–water partition coefficient (Wildman–Crippen LogP) is 2.90. The molecule has 0 saturated heterocycles. The molecule has 0 radical (unpaired) electrons. The minimum Gasteiger partial charge on any atom is -0.485 e. The topological polar surface area (TPSA) is 47.3 Å². The molecule has 4 nitrogen and oxygen atoms in total. The Balaban J connectivity index is 1.84. The van der Waals surface area contributed by atoms with Crippen LogP contribution in [0.15, 0.2) is 22.7 Å². The van der Waals surface area contributed by atoms with E-state index < -0.39 is 0 Å². The van der Waals surface area contributed by atoms with Crippen LogP contribution in [0.4, 0.5) is 0 Å². The summed E-state index contributed by atoms with van der Waals surface area (Å²) >= 11 is 6.30. The summed E-state index contributed by atoms with van der Waals surface area (Å²) in [7, 11) is 0. The molecule has 1 aromatic carbocycles. The van der Waals surface area contributed by atoms with E-state index in [-0.39, 0.29) is 0 Å². The van der Waals surface area contributed by atoms with Crippen LogP contribution in [0.2, 0.25) is 5.02 Å². The molecule has 0 atom stereocenters.